The molecule has 0 aliphatic heterocycles. The number of nitrogens with one attached hydrogen (secondary N) is 1. The molecule has 92 valence electrons. The summed E-state index contributed by atoms with van der Waals surface area (Å²) in [6, 6.07) is 3.74. The van der Waals surface area contributed by atoms with Gasteiger partial charge < -0.3 is 10.1 Å². The number of ether oxygens (including phenoxy) is 1. The minimum absolute atomic E-state index is 0.0788. The molecule has 1 aromatic rings. The van der Waals surface area contributed by atoms with Gasteiger partial charge in [-0.2, -0.15) is 0 Å². The van der Waals surface area contributed by atoms with Crippen molar-refractivity contribution in [3.05, 3.63) is 28.5 Å². The van der Waals surface area contributed by atoms with Gasteiger partial charge in [0.1, 0.15) is 4.60 Å². The molecule has 17 heavy (non-hydrogen) atoms. The summed E-state index contributed by atoms with van der Waals surface area (Å²) < 4.78 is 6.03. The maximum absolute atomic E-state index is 11.9. The molecule has 1 aliphatic rings. The molecule has 5 heteroatoms. The number of hydrogen-bond acceptors (Lipinski definition) is 3. The molecule has 1 N–H and O–H groups in total. The van der Waals surface area contributed by atoms with E-state index in [-0.39, 0.29) is 11.9 Å². The van der Waals surface area contributed by atoms with Gasteiger partial charge in [0.05, 0.1) is 11.7 Å². The maximum Gasteiger partial charge on any atom is 0.254 e. The molecule has 0 saturated heterocycles. The molecule has 0 radical (unpaired) electrons. The van der Waals surface area contributed by atoms with Crippen molar-refractivity contribution in [1.29, 1.82) is 0 Å². The van der Waals surface area contributed by atoms with Crippen LogP contribution in [0.1, 0.15) is 30.1 Å². The van der Waals surface area contributed by atoms with E-state index in [2.05, 4.69) is 26.2 Å². The van der Waals surface area contributed by atoms with Crippen LogP contribution >= 0.6 is 15.9 Å². The lowest BCUT2D eigenvalue weighted by molar-refractivity contribution is -0.00863. The quantitative estimate of drug-likeness (QED) is 0.867. The van der Waals surface area contributed by atoms with E-state index in [0.717, 1.165) is 19.4 Å². The Kier molecular flexibility index (Phi) is 4.12. The number of carbonyl (C=O) groups is 1. The average molecular weight is 299 g/mol. The van der Waals surface area contributed by atoms with Gasteiger partial charge in [-0.3, -0.25) is 4.79 Å². The van der Waals surface area contributed by atoms with E-state index >= 15 is 0 Å². The molecule has 4 nitrogen and oxygen atoms in total. The van der Waals surface area contributed by atoms with E-state index in [9.17, 15) is 4.79 Å². The summed E-state index contributed by atoms with van der Waals surface area (Å²) >= 11 is 3.27. The van der Waals surface area contributed by atoms with Crippen molar-refractivity contribution >= 4 is 21.8 Å². The zero-order valence-electron chi connectivity index (χ0n) is 9.65. The normalized spacial score (nSPS) is 22.9. The summed E-state index contributed by atoms with van der Waals surface area (Å²) in [6.45, 7) is 2.72. The van der Waals surface area contributed by atoms with Crippen LogP contribution < -0.4 is 5.32 Å². The largest absolute Gasteiger partial charge is 0.378 e. The van der Waals surface area contributed by atoms with Crippen LogP contribution in [0.2, 0.25) is 0 Å². The fourth-order valence-corrected chi connectivity index (χ4v) is 2.30. The highest BCUT2D eigenvalue weighted by Crippen LogP contribution is 2.24. The molecule has 0 unspecified atom stereocenters. The molecule has 2 rings (SSSR count). The number of amides is 1. The van der Waals surface area contributed by atoms with Gasteiger partial charge in [0, 0.05) is 18.8 Å². The van der Waals surface area contributed by atoms with Gasteiger partial charge in [0.15, 0.2) is 0 Å². The molecule has 0 aromatic carbocycles. The van der Waals surface area contributed by atoms with Gasteiger partial charge in [0.2, 0.25) is 0 Å². The van der Waals surface area contributed by atoms with Crippen molar-refractivity contribution in [3.8, 4) is 0 Å². The predicted molar refractivity (Wildman–Crippen MR) is 67.8 cm³/mol. The smallest absolute Gasteiger partial charge is 0.254 e. The van der Waals surface area contributed by atoms with Gasteiger partial charge >= 0.3 is 0 Å². The minimum Gasteiger partial charge on any atom is -0.378 e. The Morgan fingerprint density at radius 1 is 1.65 bits per heavy atom. The molecule has 1 aromatic heterocycles. The third-order valence-corrected chi connectivity index (χ3v) is 3.47. The third-order valence-electron chi connectivity index (χ3n) is 2.84. The summed E-state index contributed by atoms with van der Waals surface area (Å²) in [6.07, 6.45) is 3.76. The van der Waals surface area contributed by atoms with Crippen molar-refractivity contribution in [2.75, 3.05) is 6.61 Å². The van der Waals surface area contributed by atoms with Crippen molar-refractivity contribution in [3.63, 3.8) is 0 Å². The molecule has 1 aliphatic carbocycles. The number of rotatable bonds is 4. The number of hydrogen-bond donors (Lipinski definition) is 1. The van der Waals surface area contributed by atoms with Crippen molar-refractivity contribution in [2.45, 2.75) is 31.9 Å². The predicted octanol–water partition coefficient (Wildman–Crippen LogP) is 2.14. The van der Waals surface area contributed by atoms with Crippen LogP contribution in [0.4, 0.5) is 0 Å². The van der Waals surface area contributed by atoms with E-state index in [0.29, 0.717) is 16.3 Å². The monoisotopic (exact) mass is 298 g/mol. The van der Waals surface area contributed by atoms with Crippen LogP contribution in [0.3, 0.4) is 0 Å². The van der Waals surface area contributed by atoms with Gasteiger partial charge in [-0.25, -0.2) is 4.98 Å². The fourth-order valence-electron chi connectivity index (χ4n) is 1.87. The standard InChI is InChI=1S/C12H15BrN2O2/c1-2-17-9-6-8(7-9)15-12(16)10-4-3-5-14-11(10)13/h3-5,8-9H,2,6-7H2,1H3,(H,15,16). The zero-order valence-corrected chi connectivity index (χ0v) is 11.2. The zero-order chi connectivity index (χ0) is 12.3. The number of pyridine rings is 1. The fraction of sp³-hybridized carbons (Fsp3) is 0.500. The summed E-state index contributed by atoms with van der Waals surface area (Å²) in [5.74, 6) is -0.0788. The van der Waals surface area contributed by atoms with Gasteiger partial charge in [-0.05, 0) is 47.8 Å². The summed E-state index contributed by atoms with van der Waals surface area (Å²) in [5, 5.41) is 2.97. The lowest BCUT2D eigenvalue weighted by Gasteiger charge is -2.35. The Balaban J connectivity index is 1.85. The average Bonchev–Trinajstić information content (AvgIpc) is 2.26. The lowest BCUT2D eigenvalue weighted by Crippen LogP contribution is -2.47. The van der Waals surface area contributed by atoms with Crippen LogP contribution in [0.15, 0.2) is 22.9 Å². The Bertz CT molecular complexity index is 405. The SMILES string of the molecule is CCOC1CC(NC(=O)c2cccnc2Br)C1. The number of halogens is 1. The van der Waals surface area contributed by atoms with Crippen molar-refractivity contribution in [2.24, 2.45) is 0 Å². The van der Waals surface area contributed by atoms with Crippen LogP contribution in [0.25, 0.3) is 0 Å². The molecular weight excluding hydrogens is 284 g/mol. The highest BCUT2D eigenvalue weighted by Gasteiger charge is 2.31. The molecule has 1 saturated carbocycles. The first-order valence-electron chi connectivity index (χ1n) is 5.73. The third kappa shape index (κ3) is 3.04. The van der Waals surface area contributed by atoms with Gasteiger partial charge in [-0.1, -0.05) is 0 Å². The first-order chi connectivity index (χ1) is 8.20. The summed E-state index contributed by atoms with van der Waals surface area (Å²) in [7, 11) is 0. The van der Waals surface area contributed by atoms with Crippen LogP contribution in [0, 0.1) is 0 Å². The Morgan fingerprint density at radius 2 is 2.41 bits per heavy atom. The molecule has 1 heterocycles. The van der Waals surface area contributed by atoms with E-state index in [1.54, 1.807) is 18.3 Å². The summed E-state index contributed by atoms with van der Waals surface area (Å²) in [4.78, 5) is 15.9. The molecule has 0 atom stereocenters. The first kappa shape index (κ1) is 12.5. The first-order valence-corrected chi connectivity index (χ1v) is 6.53. The Morgan fingerprint density at radius 3 is 3.06 bits per heavy atom. The van der Waals surface area contributed by atoms with E-state index in [1.807, 2.05) is 6.92 Å². The highest BCUT2D eigenvalue weighted by atomic mass is 79.9. The van der Waals surface area contributed by atoms with E-state index in [4.69, 9.17) is 4.74 Å². The van der Waals surface area contributed by atoms with Gasteiger partial charge in [0.25, 0.3) is 5.91 Å². The number of aromatic nitrogens is 1. The van der Waals surface area contributed by atoms with Crippen LogP contribution in [-0.4, -0.2) is 29.6 Å². The van der Waals surface area contributed by atoms with E-state index < -0.39 is 0 Å². The Hall–Kier alpha value is -0.940. The second-order valence-electron chi connectivity index (χ2n) is 4.06. The minimum atomic E-state index is -0.0788. The highest BCUT2D eigenvalue weighted by molar-refractivity contribution is 9.10. The lowest BCUT2D eigenvalue weighted by atomic mass is 9.89. The van der Waals surface area contributed by atoms with Crippen molar-refractivity contribution < 1.29 is 9.53 Å². The molecule has 0 bridgehead atoms. The molecular formula is C12H15BrN2O2. The van der Waals surface area contributed by atoms with Crippen molar-refractivity contribution in [1.82, 2.24) is 10.3 Å². The molecule has 1 amide bonds. The summed E-state index contributed by atoms with van der Waals surface area (Å²) in [5.41, 5.74) is 0.576. The number of carbonyl (C=O) groups excluding carboxylic acids is 1. The van der Waals surface area contributed by atoms with Crippen LogP contribution in [0.5, 0.6) is 0 Å². The second-order valence-corrected chi connectivity index (χ2v) is 4.81. The van der Waals surface area contributed by atoms with Crippen LogP contribution in [-0.2, 0) is 4.74 Å². The molecule has 1 fully saturated rings. The molecule has 0 spiro atoms. The van der Waals surface area contributed by atoms with E-state index in [1.165, 1.54) is 0 Å². The topological polar surface area (TPSA) is 51.2 Å². The second kappa shape index (κ2) is 5.60. The maximum atomic E-state index is 11.9. The van der Waals surface area contributed by atoms with Gasteiger partial charge in [-0.15, -0.1) is 0 Å². The number of nitrogens with zero attached hydrogens (tertiary/aromatic N) is 1. The Labute approximate surface area is 109 Å².